The first-order valence-electron chi connectivity index (χ1n) is 8.95. The van der Waals surface area contributed by atoms with Crippen molar-refractivity contribution < 1.29 is 18.7 Å². The largest absolute Gasteiger partial charge is 0.496 e. The Bertz CT molecular complexity index is 1030. The molecule has 0 saturated heterocycles. The number of halogens is 1. The number of aryl methyl sites for hydroxylation is 1. The van der Waals surface area contributed by atoms with Crippen LogP contribution in [0.1, 0.15) is 23.0 Å². The maximum absolute atomic E-state index is 13.8. The molecule has 150 valence electrons. The molecule has 0 fully saturated rings. The molecule has 0 spiro atoms. The normalized spacial score (nSPS) is 12.0. The summed E-state index contributed by atoms with van der Waals surface area (Å²) in [6, 6.07) is 11.4. The number of benzene rings is 2. The summed E-state index contributed by atoms with van der Waals surface area (Å²) < 4.78 is 26.0. The molecule has 6 nitrogen and oxygen atoms in total. The van der Waals surface area contributed by atoms with E-state index in [4.69, 9.17) is 9.47 Å². The lowest BCUT2D eigenvalue weighted by atomic mass is 10.0. The summed E-state index contributed by atoms with van der Waals surface area (Å²) in [6.07, 6.45) is 6.36. The van der Waals surface area contributed by atoms with Gasteiger partial charge in [-0.2, -0.15) is 0 Å². The molecule has 0 bridgehead atoms. The average molecular weight is 395 g/mol. The standard InChI is InChI=1S/C22H22FN3O3/c1-26-13-12-24-22(26)21(16-6-4-5-7-18(16)28-2)25-20(27)11-9-15-8-10-19(29-3)17(23)14-15/h4-14,21H,1-3H3,(H,25,27)/b11-9+. The molecular weight excluding hydrogens is 373 g/mol. The number of amides is 1. The minimum atomic E-state index is -0.518. The van der Waals surface area contributed by atoms with Gasteiger partial charge in [0, 0.05) is 31.1 Å². The Morgan fingerprint density at radius 2 is 1.93 bits per heavy atom. The number of aromatic nitrogens is 2. The lowest BCUT2D eigenvalue weighted by molar-refractivity contribution is -0.117. The maximum Gasteiger partial charge on any atom is 0.244 e. The van der Waals surface area contributed by atoms with Gasteiger partial charge in [0.25, 0.3) is 0 Å². The van der Waals surface area contributed by atoms with Crippen molar-refractivity contribution in [2.45, 2.75) is 6.04 Å². The van der Waals surface area contributed by atoms with Gasteiger partial charge in [-0.05, 0) is 29.8 Å². The Labute approximate surface area is 168 Å². The number of rotatable bonds is 7. The summed E-state index contributed by atoms with van der Waals surface area (Å²) in [5.41, 5.74) is 1.32. The Morgan fingerprint density at radius 1 is 1.17 bits per heavy atom. The molecule has 1 amide bonds. The van der Waals surface area contributed by atoms with Crippen molar-refractivity contribution in [2.75, 3.05) is 14.2 Å². The predicted molar refractivity (Wildman–Crippen MR) is 108 cm³/mol. The fourth-order valence-corrected chi connectivity index (χ4v) is 2.99. The zero-order chi connectivity index (χ0) is 20.8. The lowest BCUT2D eigenvalue weighted by Crippen LogP contribution is -2.30. The van der Waals surface area contributed by atoms with Gasteiger partial charge in [0.2, 0.25) is 5.91 Å². The minimum absolute atomic E-state index is 0.151. The smallest absolute Gasteiger partial charge is 0.244 e. The van der Waals surface area contributed by atoms with E-state index < -0.39 is 11.9 Å². The fourth-order valence-electron chi connectivity index (χ4n) is 2.99. The zero-order valence-corrected chi connectivity index (χ0v) is 16.4. The molecule has 2 aromatic carbocycles. The van der Waals surface area contributed by atoms with Crippen molar-refractivity contribution in [2.24, 2.45) is 7.05 Å². The molecule has 1 N–H and O–H groups in total. The van der Waals surface area contributed by atoms with Gasteiger partial charge in [-0.3, -0.25) is 4.79 Å². The van der Waals surface area contributed by atoms with Gasteiger partial charge in [0.1, 0.15) is 17.6 Å². The molecule has 0 radical (unpaired) electrons. The molecule has 3 aromatic rings. The second-order valence-electron chi connectivity index (χ2n) is 6.31. The van der Waals surface area contributed by atoms with Crippen LogP contribution < -0.4 is 14.8 Å². The van der Waals surface area contributed by atoms with E-state index in [1.807, 2.05) is 35.9 Å². The molecule has 1 atom stereocenters. The SMILES string of the molecule is COc1ccc(/C=C/C(=O)NC(c2ccccc2OC)c2nccn2C)cc1F. The number of imidazole rings is 1. The number of carbonyl (C=O) groups is 1. The van der Waals surface area contributed by atoms with Gasteiger partial charge in [-0.25, -0.2) is 9.37 Å². The van der Waals surface area contributed by atoms with Crippen molar-refractivity contribution in [3.05, 3.63) is 83.7 Å². The van der Waals surface area contributed by atoms with Crippen LogP contribution in [0.2, 0.25) is 0 Å². The fraction of sp³-hybridized carbons (Fsp3) is 0.182. The van der Waals surface area contributed by atoms with Crippen LogP contribution in [0.3, 0.4) is 0 Å². The highest BCUT2D eigenvalue weighted by Crippen LogP contribution is 2.29. The summed E-state index contributed by atoms with van der Waals surface area (Å²) in [5.74, 6) is 0.612. The number of methoxy groups -OCH3 is 2. The predicted octanol–water partition coefficient (Wildman–Crippen LogP) is 3.50. The number of carbonyl (C=O) groups excluding carboxylic acids is 1. The van der Waals surface area contributed by atoms with Crippen molar-refractivity contribution in [3.63, 3.8) is 0 Å². The zero-order valence-electron chi connectivity index (χ0n) is 16.4. The topological polar surface area (TPSA) is 65.4 Å². The van der Waals surface area contributed by atoms with Gasteiger partial charge >= 0.3 is 0 Å². The van der Waals surface area contributed by atoms with Crippen molar-refractivity contribution in [1.82, 2.24) is 14.9 Å². The van der Waals surface area contributed by atoms with Crippen LogP contribution >= 0.6 is 0 Å². The van der Waals surface area contributed by atoms with E-state index in [1.54, 1.807) is 25.6 Å². The van der Waals surface area contributed by atoms with Crippen LogP contribution in [-0.4, -0.2) is 29.7 Å². The highest BCUT2D eigenvalue weighted by molar-refractivity contribution is 5.92. The average Bonchev–Trinajstić information content (AvgIpc) is 3.16. The monoisotopic (exact) mass is 395 g/mol. The first-order valence-corrected chi connectivity index (χ1v) is 8.95. The Morgan fingerprint density at radius 3 is 2.59 bits per heavy atom. The molecule has 7 heteroatoms. The summed E-state index contributed by atoms with van der Waals surface area (Å²) in [6.45, 7) is 0. The van der Waals surface area contributed by atoms with E-state index in [9.17, 15) is 9.18 Å². The number of nitrogens with zero attached hydrogens (tertiary/aromatic N) is 2. The van der Waals surface area contributed by atoms with Gasteiger partial charge in [-0.1, -0.05) is 24.3 Å². The molecule has 1 aromatic heterocycles. The molecule has 1 heterocycles. The first kappa shape index (κ1) is 20.1. The van der Waals surface area contributed by atoms with E-state index in [0.717, 1.165) is 5.56 Å². The summed E-state index contributed by atoms with van der Waals surface area (Å²) in [4.78, 5) is 17.0. The highest BCUT2D eigenvalue weighted by atomic mass is 19.1. The maximum atomic E-state index is 13.8. The number of nitrogens with one attached hydrogen (secondary N) is 1. The van der Waals surface area contributed by atoms with Crippen LogP contribution in [0.4, 0.5) is 4.39 Å². The molecule has 0 aliphatic heterocycles. The van der Waals surface area contributed by atoms with Crippen LogP contribution in [0.15, 0.2) is 60.9 Å². The molecular formula is C22H22FN3O3. The van der Waals surface area contributed by atoms with Crippen LogP contribution in [0.25, 0.3) is 6.08 Å². The third-order valence-corrected chi connectivity index (χ3v) is 4.46. The molecule has 1 unspecified atom stereocenters. The van der Waals surface area contributed by atoms with E-state index in [2.05, 4.69) is 10.3 Å². The van der Waals surface area contributed by atoms with E-state index in [0.29, 0.717) is 17.1 Å². The summed E-state index contributed by atoms with van der Waals surface area (Å²) in [7, 11) is 4.83. The summed E-state index contributed by atoms with van der Waals surface area (Å²) in [5, 5.41) is 2.95. The molecule has 29 heavy (non-hydrogen) atoms. The number of para-hydroxylation sites is 1. The first-order chi connectivity index (χ1) is 14.0. The van der Waals surface area contributed by atoms with Gasteiger partial charge < -0.3 is 19.4 Å². The van der Waals surface area contributed by atoms with Crippen molar-refractivity contribution in [1.29, 1.82) is 0 Å². The molecule has 3 rings (SSSR count). The van der Waals surface area contributed by atoms with E-state index in [1.165, 1.54) is 31.4 Å². The number of ether oxygens (including phenoxy) is 2. The second kappa shape index (κ2) is 9.05. The minimum Gasteiger partial charge on any atom is -0.496 e. The number of hydrogen-bond acceptors (Lipinski definition) is 4. The van der Waals surface area contributed by atoms with Crippen LogP contribution in [0, 0.1) is 5.82 Å². The Kier molecular flexibility index (Phi) is 6.29. The molecule has 0 aliphatic rings. The summed E-state index contributed by atoms with van der Waals surface area (Å²) >= 11 is 0. The second-order valence-corrected chi connectivity index (χ2v) is 6.31. The van der Waals surface area contributed by atoms with E-state index in [-0.39, 0.29) is 11.7 Å². The van der Waals surface area contributed by atoms with Gasteiger partial charge in [0.15, 0.2) is 11.6 Å². The highest BCUT2D eigenvalue weighted by Gasteiger charge is 2.23. The third kappa shape index (κ3) is 4.63. The van der Waals surface area contributed by atoms with Gasteiger partial charge in [-0.15, -0.1) is 0 Å². The lowest BCUT2D eigenvalue weighted by Gasteiger charge is -2.20. The van der Waals surface area contributed by atoms with Gasteiger partial charge in [0.05, 0.1) is 14.2 Å². The van der Waals surface area contributed by atoms with E-state index >= 15 is 0 Å². The molecule has 0 aliphatic carbocycles. The number of hydrogen-bond donors (Lipinski definition) is 1. The van der Waals surface area contributed by atoms with Crippen molar-refractivity contribution >= 4 is 12.0 Å². The van der Waals surface area contributed by atoms with Crippen LogP contribution in [-0.2, 0) is 11.8 Å². The Hall–Kier alpha value is -3.61. The third-order valence-electron chi connectivity index (χ3n) is 4.46. The quantitative estimate of drug-likeness (QED) is 0.622. The molecule has 0 saturated carbocycles. The van der Waals surface area contributed by atoms with Crippen molar-refractivity contribution in [3.8, 4) is 11.5 Å². The van der Waals surface area contributed by atoms with Crippen LogP contribution in [0.5, 0.6) is 11.5 Å². The Balaban J connectivity index is 1.85.